The average Bonchev–Trinajstić information content (AvgIpc) is 3.01. The topological polar surface area (TPSA) is 48.1 Å². The van der Waals surface area contributed by atoms with E-state index in [0.29, 0.717) is 5.92 Å². The number of rotatable bonds is 5. The molecule has 0 fully saturated rings. The highest BCUT2D eigenvalue weighted by molar-refractivity contribution is 5.25. The minimum atomic E-state index is 0.402. The van der Waals surface area contributed by atoms with Crippen LogP contribution in [0.2, 0.25) is 0 Å². The number of nitrogens with zero attached hydrogens (tertiary/aromatic N) is 5. The van der Waals surface area contributed by atoms with Crippen LogP contribution in [0.25, 0.3) is 0 Å². The number of ether oxygens (including phenoxy) is 1. The van der Waals surface area contributed by atoms with Crippen LogP contribution in [0, 0.1) is 0 Å². The Hall–Kier alpha value is -1.66. The van der Waals surface area contributed by atoms with Crippen LogP contribution in [0.4, 0.5) is 0 Å². The summed E-state index contributed by atoms with van der Waals surface area (Å²) in [6.07, 6.45) is 6.15. The Bertz CT molecular complexity index is 603. The third-order valence-corrected chi connectivity index (χ3v) is 3.92. The average molecular weight is 289 g/mol. The van der Waals surface area contributed by atoms with Crippen molar-refractivity contribution in [3.05, 3.63) is 35.4 Å². The molecule has 0 radical (unpaired) electrons. The summed E-state index contributed by atoms with van der Waals surface area (Å²) in [7, 11) is 3.94. The van der Waals surface area contributed by atoms with Crippen molar-refractivity contribution in [1.82, 2.24) is 24.5 Å². The molecule has 0 saturated carbocycles. The SMILES string of the molecule is CCOCC1CN(Cc2cnn(C)c2)Cc2nn(C)cc21. The number of hydrogen-bond donors (Lipinski definition) is 0. The van der Waals surface area contributed by atoms with Crippen LogP contribution in [-0.2, 0) is 31.9 Å². The highest BCUT2D eigenvalue weighted by Gasteiger charge is 2.28. The van der Waals surface area contributed by atoms with E-state index in [4.69, 9.17) is 4.74 Å². The minimum Gasteiger partial charge on any atom is -0.381 e. The molecule has 0 aromatic carbocycles. The normalized spacial score (nSPS) is 18.9. The van der Waals surface area contributed by atoms with E-state index in [9.17, 15) is 0 Å². The van der Waals surface area contributed by atoms with Crippen LogP contribution in [0.5, 0.6) is 0 Å². The van der Waals surface area contributed by atoms with Crippen molar-refractivity contribution >= 4 is 0 Å². The van der Waals surface area contributed by atoms with Gasteiger partial charge in [0.15, 0.2) is 0 Å². The van der Waals surface area contributed by atoms with Gasteiger partial charge in [-0.1, -0.05) is 0 Å². The molecule has 0 saturated heterocycles. The maximum absolute atomic E-state index is 5.66. The van der Waals surface area contributed by atoms with E-state index in [2.05, 4.69) is 27.5 Å². The third kappa shape index (κ3) is 3.16. The molecule has 21 heavy (non-hydrogen) atoms. The summed E-state index contributed by atoms with van der Waals surface area (Å²) in [5.41, 5.74) is 3.76. The molecule has 2 aromatic rings. The summed E-state index contributed by atoms with van der Waals surface area (Å²) in [6, 6.07) is 0. The number of aryl methyl sites for hydroxylation is 2. The largest absolute Gasteiger partial charge is 0.381 e. The van der Waals surface area contributed by atoms with E-state index in [1.807, 2.05) is 36.6 Å². The lowest BCUT2D eigenvalue weighted by molar-refractivity contribution is 0.105. The second-order valence-electron chi connectivity index (χ2n) is 5.75. The Morgan fingerprint density at radius 1 is 1.29 bits per heavy atom. The van der Waals surface area contributed by atoms with E-state index in [1.54, 1.807) is 0 Å². The predicted octanol–water partition coefficient (Wildman–Crippen LogP) is 1.29. The van der Waals surface area contributed by atoms with E-state index >= 15 is 0 Å². The van der Waals surface area contributed by atoms with Gasteiger partial charge in [0, 0.05) is 69.8 Å². The zero-order valence-corrected chi connectivity index (χ0v) is 13.0. The molecule has 3 rings (SSSR count). The first kappa shape index (κ1) is 14.3. The second kappa shape index (κ2) is 5.99. The first-order chi connectivity index (χ1) is 10.2. The molecule has 114 valence electrons. The highest BCUT2D eigenvalue weighted by atomic mass is 16.5. The summed E-state index contributed by atoms with van der Waals surface area (Å²) >= 11 is 0. The van der Waals surface area contributed by atoms with Crippen LogP contribution < -0.4 is 0 Å². The minimum absolute atomic E-state index is 0.402. The zero-order valence-electron chi connectivity index (χ0n) is 13.0. The van der Waals surface area contributed by atoms with Crippen LogP contribution in [0.3, 0.4) is 0 Å². The monoisotopic (exact) mass is 289 g/mol. The van der Waals surface area contributed by atoms with E-state index < -0.39 is 0 Å². The summed E-state index contributed by atoms with van der Waals surface area (Å²) in [6.45, 7) is 6.38. The van der Waals surface area contributed by atoms with Crippen molar-refractivity contribution < 1.29 is 4.74 Å². The van der Waals surface area contributed by atoms with E-state index in [-0.39, 0.29) is 0 Å². The van der Waals surface area contributed by atoms with Crippen LogP contribution in [0.1, 0.15) is 29.7 Å². The van der Waals surface area contributed by atoms with Crippen LogP contribution >= 0.6 is 0 Å². The summed E-state index contributed by atoms with van der Waals surface area (Å²) in [4.78, 5) is 2.43. The van der Waals surface area contributed by atoms with Crippen molar-refractivity contribution in [1.29, 1.82) is 0 Å². The Kier molecular flexibility index (Phi) is 4.07. The van der Waals surface area contributed by atoms with Crippen molar-refractivity contribution in [3.63, 3.8) is 0 Å². The molecular weight excluding hydrogens is 266 g/mol. The predicted molar refractivity (Wildman–Crippen MR) is 79.8 cm³/mol. The zero-order chi connectivity index (χ0) is 14.8. The van der Waals surface area contributed by atoms with Crippen molar-refractivity contribution in [2.24, 2.45) is 14.1 Å². The van der Waals surface area contributed by atoms with Gasteiger partial charge in [-0.05, 0) is 6.92 Å². The fourth-order valence-corrected chi connectivity index (χ4v) is 3.04. The van der Waals surface area contributed by atoms with E-state index in [1.165, 1.54) is 16.8 Å². The molecule has 1 unspecified atom stereocenters. The van der Waals surface area contributed by atoms with Gasteiger partial charge in [0.05, 0.1) is 18.5 Å². The maximum atomic E-state index is 5.66. The lowest BCUT2D eigenvalue weighted by Crippen LogP contribution is -2.34. The van der Waals surface area contributed by atoms with Gasteiger partial charge in [-0.15, -0.1) is 0 Å². The molecular formula is C15H23N5O. The van der Waals surface area contributed by atoms with Gasteiger partial charge in [-0.3, -0.25) is 14.3 Å². The van der Waals surface area contributed by atoms with Gasteiger partial charge in [-0.2, -0.15) is 10.2 Å². The fraction of sp³-hybridized carbons (Fsp3) is 0.600. The number of fused-ring (bicyclic) bond motifs is 1. The first-order valence-corrected chi connectivity index (χ1v) is 7.45. The molecule has 1 aliphatic rings. The Morgan fingerprint density at radius 3 is 2.86 bits per heavy atom. The summed E-state index contributed by atoms with van der Waals surface area (Å²) in [5, 5.41) is 8.85. The Balaban J connectivity index is 1.76. The second-order valence-corrected chi connectivity index (χ2v) is 5.75. The van der Waals surface area contributed by atoms with Gasteiger partial charge < -0.3 is 4.74 Å². The highest BCUT2D eigenvalue weighted by Crippen LogP contribution is 2.28. The van der Waals surface area contributed by atoms with Crippen molar-refractivity contribution in [2.45, 2.75) is 25.9 Å². The van der Waals surface area contributed by atoms with Gasteiger partial charge in [0.2, 0.25) is 0 Å². The van der Waals surface area contributed by atoms with E-state index in [0.717, 1.165) is 32.8 Å². The van der Waals surface area contributed by atoms with Gasteiger partial charge in [0.1, 0.15) is 0 Å². The Morgan fingerprint density at radius 2 is 2.14 bits per heavy atom. The third-order valence-electron chi connectivity index (χ3n) is 3.92. The number of hydrogen-bond acceptors (Lipinski definition) is 4. The molecule has 1 atom stereocenters. The van der Waals surface area contributed by atoms with Gasteiger partial charge in [-0.25, -0.2) is 0 Å². The molecule has 3 heterocycles. The summed E-state index contributed by atoms with van der Waals surface area (Å²) < 4.78 is 9.43. The molecule has 6 heteroatoms. The molecule has 0 bridgehead atoms. The molecule has 2 aromatic heterocycles. The molecule has 6 nitrogen and oxygen atoms in total. The first-order valence-electron chi connectivity index (χ1n) is 7.45. The molecule has 0 N–H and O–H groups in total. The quantitative estimate of drug-likeness (QED) is 0.832. The van der Waals surface area contributed by atoms with Crippen LogP contribution in [0.15, 0.2) is 18.6 Å². The smallest absolute Gasteiger partial charge is 0.0800 e. The van der Waals surface area contributed by atoms with Gasteiger partial charge in [0.25, 0.3) is 0 Å². The summed E-state index contributed by atoms with van der Waals surface area (Å²) in [5.74, 6) is 0.402. The van der Waals surface area contributed by atoms with Crippen LogP contribution in [-0.4, -0.2) is 44.2 Å². The molecule has 0 amide bonds. The molecule has 1 aliphatic heterocycles. The fourth-order valence-electron chi connectivity index (χ4n) is 3.04. The number of aromatic nitrogens is 4. The van der Waals surface area contributed by atoms with Gasteiger partial charge >= 0.3 is 0 Å². The lowest BCUT2D eigenvalue weighted by Gasteiger charge is -2.31. The Labute approximate surface area is 125 Å². The molecule has 0 spiro atoms. The van der Waals surface area contributed by atoms with Crippen molar-refractivity contribution in [3.8, 4) is 0 Å². The van der Waals surface area contributed by atoms with Crippen molar-refractivity contribution in [2.75, 3.05) is 19.8 Å². The molecule has 0 aliphatic carbocycles. The lowest BCUT2D eigenvalue weighted by atomic mass is 9.95. The standard InChI is InChI=1S/C15H23N5O/c1-4-21-11-13-8-20(7-12-5-16-18(2)6-12)10-15-14(13)9-19(3)17-15/h5-6,9,13H,4,7-8,10-11H2,1-3H3. The maximum Gasteiger partial charge on any atom is 0.0800 e.